The van der Waals surface area contributed by atoms with Crippen LogP contribution in [-0.4, -0.2) is 0 Å². The van der Waals surface area contributed by atoms with Gasteiger partial charge >= 0.3 is 0 Å². The van der Waals surface area contributed by atoms with Gasteiger partial charge in [-0.3, -0.25) is 0 Å². The molecule has 0 amide bonds. The van der Waals surface area contributed by atoms with Gasteiger partial charge in [0, 0.05) is 0 Å². The third-order valence-electron chi connectivity index (χ3n) is 3.02. The zero-order valence-electron chi connectivity index (χ0n) is 7.48. The topological polar surface area (TPSA) is 0 Å². The Hall–Kier alpha value is 0. The van der Waals surface area contributed by atoms with Crippen molar-refractivity contribution in [2.24, 2.45) is 11.8 Å². The Balaban J connectivity index is 2.32. The zero-order chi connectivity index (χ0) is 7.56. The molecule has 1 saturated carbocycles. The van der Waals surface area contributed by atoms with Gasteiger partial charge in [0.2, 0.25) is 0 Å². The molecule has 10 heavy (non-hydrogen) atoms. The lowest BCUT2D eigenvalue weighted by Gasteiger charge is -2.21. The summed E-state index contributed by atoms with van der Waals surface area (Å²) in [6.45, 7) is 6.91. The van der Waals surface area contributed by atoms with Crippen molar-refractivity contribution < 1.29 is 0 Å². The van der Waals surface area contributed by atoms with Gasteiger partial charge in [0.05, 0.1) is 0 Å². The van der Waals surface area contributed by atoms with Crippen LogP contribution in [0.5, 0.6) is 0 Å². The molecule has 0 N–H and O–H groups in total. The molecule has 0 spiro atoms. The summed E-state index contributed by atoms with van der Waals surface area (Å²) >= 11 is 0. The fourth-order valence-electron chi connectivity index (χ4n) is 1.93. The van der Waals surface area contributed by atoms with E-state index in [1.54, 1.807) is 5.92 Å². The van der Waals surface area contributed by atoms with E-state index in [2.05, 4.69) is 20.8 Å². The quantitative estimate of drug-likeness (QED) is 0.550. The monoisotopic (exact) mass is 139 g/mol. The minimum atomic E-state index is 0.877. The van der Waals surface area contributed by atoms with Crippen molar-refractivity contribution >= 4 is 0 Å². The molecule has 1 unspecified atom stereocenters. The molecule has 0 aromatic rings. The van der Waals surface area contributed by atoms with Crippen molar-refractivity contribution in [3.63, 3.8) is 0 Å². The maximum Gasteiger partial charge on any atom is -0.0272 e. The lowest BCUT2D eigenvalue weighted by atomic mass is 9.84. The van der Waals surface area contributed by atoms with Gasteiger partial charge in [0.15, 0.2) is 0 Å². The minimum absolute atomic E-state index is 0.877. The average Bonchev–Trinajstić information content (AvgIpc) is 2.36. The second-order valence-corrected chi connectivity index (χ2v) is 3.91. The molecule has 1 fully saturated rings. The molecule has 1 aliphatic rings. The first-order chi connectivity index (χ1) is 4.72. The summed E-state index contributed by atoms with van der Waals surface area (Å²) in [7, 11) is 0. The van der Waals surface area contributed by atoms with Gasteiger partial charge < -0.3 is 0 Å². The van der Waals surface area contributed by atoms with Crippen molar-refractivity contribution in [1.29, 1.82) is 0 Å². The summed E-state index contributed by atoms with van der Waals surface area (Å²) in [6, 6.07) is 0. The first kappa shape index (κ1) is 8.10. The molecule has 0 nitrogen and oxygen atoms in total. The third-order valence-corrected chi connectivity index (χ3v) is 3.02. The van der Waals surface area contributed by atoms with Crippen molar-refractivity contribution in [3.05, 3.63) is 5.92 Å². The molecule has 1 rings (SSSR count). The summed E-state index contributed by atoms with van der Waals surface area (Å²) in [5.74, 6) is 3.51. The molecule has 1 aliphatic carbocycles. The van der Waals surface area contributed by atoms with Crippen LogP contribution in [0.3, 0.4) is 0 Å². The third kappa shape index (κ3) is 1.74. The van der Waals surface area contributed by atoms with Gasteiger partial charge in [-0.15, -0.1) is 0 Å². The highest BCUT2D eigenvalue weighted by molar-refractivity contribution is 4.89. The van der Waals surface area contributed by atoms with E-state index in [9.17, 15) is 0 Å². The highest BCUT2D eigenvalue weighted by Gasteiger charge is 2.23. The second-order valence-electron chi connectivity index (χ2n) is 3.91. The maximum absolute atomic E-state index is 2.38. The fraction of sp³-hybridized carbons (Fsp3) is 0.900. The van der Waals surface area contributed by atoms with E-state index >= 15 is 0 Å². The van der Waals surface area contributed by atoms with E-state index in [1.807, 2.05) is 0 Å². The largest absolute Gasteiger partial charge is 0.0617 e. The normalized spacial score (nSPS) is 24.0. The van der Waals surface area contributed by atoms with Crippen molar-refractivity contribution in [2.45, 2.75) is 46.5 Å². The minimum Gasteiger partial charge on any atom is -0.0617 e. The predicted molar refractivity (Wildman–Crippen MR) is 45.7 cm³/mol. The maximum atomic E-state index is 2.38. The van der Waals surface area contributed by atoms with E-state index in [1.165, 1.54) is 25.7 Å². The lowest BCUT2D eigenvalue weighted by Crippen LogP contribution is -2.12. The van der Waals surface area contributed by atoms with Crippen molar-refractivity contribution in [3.8, 4) is 0 Å². The van der Waals surface area contributed by atoms with Crippen LogP contribution in [0.15, 0.2) is 0 Å². The Labute approximate surface area is 65.0 Å². The van der Waals surface area contributed by atoms with Gasteiger partial charge in [0.1, 0.15) is 0 Å². The van der Waals surface area contributed by atoms with Gasteiger partial charge in [-0.25, -0.2) is 0 Å². The second kappa shape index (κ2) is 3.41. The first-order valence-electron chi connectivity index (χ1n) is 4.52. The first-order valence-corrected chi connectivity index (χ1v) is 4.52. The van der Waals surface area contributed by atoms with Gasteiger partial charge in [-0.1, -0.05) is 46.5 Å². The SMILES string of the molecule is C[C](C)C(C)C1CCCC1. The smallest absolute Gasteiger partial charge is 0.0272 e. The molecule has 0 saturated heterocycles. The Morgan fingerprint density at radius 2 is 1.70 bits per heavy atom. The number of hydrogen-bond acceptors (Lipinski definition) is 0. The van der Waals surface area contributed by atoms with Gasteiger partial charge in [0.25, 0.3) is 0 Å². The van der Waals surface area contributed by atoms with Crippen LogP contribution in [-0.2, 0) is 0 Å². The highest BCUT2D eigenvalue weighted by atomic mass is 14.3. The lowest BCUT2D eigenvalue weighted by molar-refractivity contribution is 0.382. The van der Waals surface area contributed by atoms with E-state index in [0.29, 0.717) is 0 Å². The summed E-state index contributed by atoms with van der Waals surface area (Å²) in [5, 5.41) is 0. The fourth-order valence-corrected chi connectivity index (χ4v) is 1.93. The molecule has 0 heteroatoms. The van der Waals surface area contributed by atoms with Crippen LogP contribution in [0.2, 0.25) is 0 Å². The predicted octanol–water partition coefficient (Wildman–Crippen LogP) is 3.43. The van der Waals surface area contributed by atoms with E-state index in [0.717, 1.165) is 11.8 Å². The molecular weight excluding hydrogens is 120 g/mol. The molecule has 1 atom stereocenters. The number of hydrogen-bond donors (Lipinski definition) is 0. The van der Waals surface area contributed by atoms with Crippen molar-refractivity contribution in [2.75, 3.05) is 0 Å². The zero-order valence-corrected chi connectivity index (χ0v) is 7.48. The van der Waals surface area contributed by atoms with Crippen LogP contribution in [0, 0.1) is 17.8 Å². The summed E-state index contributed by atoms with van der Waals surface area (Å²) in [4.78, 5) is 0. The summed E-state index contributed by atoms with van der Waals surface area (Å²) < 4.78 is 0. The molecule has 1 radical (unpaired) electrons. The van der Waals surface area contributed by atoms with Gasteiger partial charge in [-0.2, -0.15) is 0 Å². The molecule has 0 bridgehead atoms. The molecule has 0 heterocycles. The van der Waals surface area contributed by atoms with Gasteiger partial charge in [-0.05, 0) is 17.8 Å². The highest BCUT2D eigenvalue weighted by Crippen LogP contribution is 2.35. The van der Waals surface area contributed by atoms with E-state index in [4.69, 9.17) is 0 Å². The average molecular weight is 139 g/mol. The van der Waals surface area contributed by atoms with Crippen LogP contribution in [0.1, 0.15) is 46.5 Å². The summed E-state index contributed by atoms with van der Waals surface area (Å²) in [5.41, 5.74) is 0. The molecule has 0 aliphatic heterocycles. The molecule has 0 aromatic heterocycles. The van der Waals surface area contributed by atoms with Crippen LogP contribution in [0.25, 0.3) is 0 Å². The van der Waals surface area contributed by atoms with E-state index < -0.39 is 0 Å². The Morgan fingerprint density at radius 1 is 1.20 bits per heavy atom. The molecular formula is C10H19. The standard InChI is InChI=1S/C10H19/c1-8(2)9(3)10-6-4-5-7-10/h9-10H,4-7H2,1-3H3. The van der Waals surface area contributed by atoms with Crippen LogP contribution in [0.4, 0.5) is 0 Å². The van der Waals surface area contributed by atoms with Crippen molar-refractivity contribution in [1.82, 2.24) is 0 Å². The molecule has 0 aromatic carbocycles. The van der Waals surface area contributed by atoms with Crippen LogP contribution < -0.4 is 0 Å². The number of rotatable bonds is 2. The Morgan fingerprint density at radius 3 is 2.10 bits per heavy atom. The molecule has 59 valence electrons. The Bertz CT molecular complexity index is 88.2. The summed E-state index contributed by atoms with van der Waals surface area (Å²) in [6.07, 6.45) is 5.91. The van der Waals surface area contributed by atoms with E-state index in [-0.39, 0.29) is 0 Å². The Kier molecular flexibility index (Phi) is 2.76. The van der Waals surface area contributed by atoms with Crippen LogP contribution >= 0.6 is 0 Å².